The van der Waals surface area contributed by atoms with E-state index in [-0.39, 0.29) is 5.57 Å². The summed E-state index contributed by atoms with van der Waals surface area (Å²) >= 11 is 5.79. The summed E-state index contributed by atoms with van der Waals surface area (Å²) in [4.78, 5) is 11.3. The molecule has 0 saturated heterocycles. The molecule has 2 aromatic rings. The topological polar surface area (TPSA) is 37.3 Å². The number of halogens is 1. The van der Waals surface area contributed by atoms with Gasteiger partial charge in [-0.05, 0) is 29.3 Å². The third-order valence-corrected chi connectivity index (χ3v) is 2.75. The average molecular weight is 259 g/mol. The first-order chi connectivity index (χ1) is 8.66. The van der Waals surface area contributed by atoms with E-state index in [1.165, 1.54) is 0 Å². The number of carbonyl (C=O) groups is 1. The molecular formula is C15H11ClO2. The Bertz CT molecular complexity index is 571. The van der Waals surface area contributed by atoms with Crippen molar-refractivity contribution in [2.24, 2.45) is 0 Å². The van der Waals surface area contributed by atoms with Crippen molar-refractivity contribution < 1.29 is 9.90 Å². The van der Waals surface area contributed by atoms with Crippen molar-refractivity contribution in [2.75, 3.05) is 0 Å². The van der Waals surface area contributed by atoms with Gasteiger partial charge in [0, 0.05) is 5.02 Å². The first-order valence-corrected chi connectivity index (χ1v) is 5.80. The van der Waals surface area contributed by atoms with Gasteiger partial charge in [0.1, 0.15) is 0 Å². The van der Waals surface area contributed by atoms with E-state index in [2.05, 4.69) is 0 Å². The molecule has 1 N–H and O–H groups in total. The highest BCUT2D eigenvalue weighted by Gasteiger charge is 2.10. The number of benzene rings is 2. The number of carboxylic acid groups (broad SMARTS) is 1. The second kappa shape index (κ2) is 5.52. The predicted molar refractivity (Wildman–Crippen MR) is 73.4 cm³/mol. The normalized spacial score (nSPS) is 11.3. The van der Waals surface area contributed by atoms with E-state index in [9.17, 15) is 9.90 Å². The van der Waals surface area contributed by atoms with Crippen LogP contribution in [-0.4, -0.2) is 11.1 Å². The molecule has 0 aliphatic carbocycles. The molecule has 3 heteroatoms. The Balaban J connectivity index is 2.44. The second-order valence-electron chi connectivity index (χ2n) is 3.78. The van der Waals surface area contributed by atoms with Gasteiger partial charge in [0.2, 0.25) is 0 Å². The molecule has 0 aromatic heterocycles. The highest BCUT2D eigenvalue weighted by atomic mass is 35.5. The van der Waals surface area contributed by atoms with E-state index in [0.717, 1.165) is 5.56 Å². The highest BCUT2D eigenvalue weighted by molar-refractivity contribution is 6.30. The average Bonchev–Trinajstić information content (AvgIpc) is 2.38. The summed E-state index contributed by atoms with van der Waals surface area (Å²) in [5.74, 6) is -0.957. The smallest absolute Gasteiger partial charge is 0.336 e. The molecule has 90 valence electrons. The molecule has 0 spiro atoms. The SMILES string of the molecule is O=C(O)/C(=C\c1ccccc1)c1ccc(Cl)cc1. The number of carboxylic acids is 1. The molecule has 0 saturated carbocycles. The van der Waals surface area contributed by atoms with Gasteiger partial charge in [-0.2, -0.15) is 0 Å². The minimum absolute atomic E-state index is 0.248. The minimum atomic E-state index is -0.957. The van der Waals surface area contributed by atoms with Crippen molar-refractivity contribution in [3.05, 3.63) is 70.7 Å². The van der Waals surface area contributed by atoms with Crippen molar-refractivity contribution in [2.45, 2.75) is 0 Å². The molecule has 0 bridgehead atoms. The van der Waals surface area contributed by atoms with Crippen LogP contribution in [0, 0.1) is 0 Å². The van der Waals surface area contributed by atoms with Crippen LogP contribution >= 0.6 is 11.6 Å². The molecule has 0 fully saturated rings. The van der Waals surface area contributed by atoms with Crippen LogP contribution in [0.4, 0.5) is 0 Å². The van der Waals surface area contributed by atoms with Crippen molar-refractivity contribution in [3.8, 4) is 0 Å². The molecular weight excluding hydrogens is 248 g/mol. The van der Waals surface area contributed by atoms with Crippen LogP contribution in [0.2, 0.25) is 5.02 Å². The fourth-order valence-corrected chi connectivity index (χ4v) is 1.74. The summed E-state index contributed by atoms with van der Waals surface area (Å²) in [6, 6.07) is 16.1. The molecule has 0 radical (unpaired) electrons. The van der Waals surface area contributed by atoms with Gasteiger partial charge in [0.15, 0.2) is 0 Å². The lowest BCUT2D eigenvalue weighted by molar-refractivity contribution is -0.130. The van der Waals surface area contributed by atoms with Gasteiger partial charge in [-0.1, -0.05) is 54.1 Å². The van der Waals surface area contributed by atoms with Crippen LogP contribution in [0.15, 0.2) is 54.6 Å². The van der Waals surface area contributed by atoms with Gasteiger partial charge in [-0.25, -0.2) is 4.79 Å². The molecule has 0 aliphatic rings. The molecule has 0 unspecified atom stereocenters. The molecule has 0 amide bonds. The quantitative estimate of drug-likeness (QED) is 0.668. The Labute approximate surface area is 110 Å². The second-order valence-corrected chi connectivity index (χ2v) is 4.22. The Kier molecular flexibility index (Phi) is 3.80. The third-order valence-electron chi connectivity index (χ3n) is 2.50. The summed E-state index contributed by atoms with van der Waals surface area (Å²) in [6.07, 6.45) is 1.64. The minimum Gasteiger partial charge on any atom is -0.478 e. The van der Waals surface area contributed by atoms with E-state index >= 15 is 0 Å². The fraction of sp³-hybridized carbons (Fsp3) is 0. The van der Waals surface area contributed by atoms with E-state index in [0.29, 0.717) is 10.6 Å². The fourth-order valence-electron chi connectivity index (χ4n) is 1.61. The molecule has 2 rings (SSSR count). The van der Waals surface area contributed by atoms with Gasteiger partial charge >= 0.3 is 5.97 Å². The zero-order valence-electron chi connectivity index (χ0n) is 9.51. The summed E-state index contributed by atoms with van der Waals surface area (Å²) < 4.78 is 0. The molecule has 2 nitrogen and oxygen atoms in total. The molecule has 18 heavy (non-hydrogen) atoms. The summed E-state index contributed by atoms with van der Waals surface area (Å²) in [5, 5.41) is 9.84. The van der Waals surface area contributed by atoms with Crippen LogP contribution in [-0.2, 0) is 4.79 Å². The highest BCUT2D eigenvalue weighted by Crippen LogP contribution is 2.20. The zero-order valence-corrected chi connectivity index (χ0v) is 10.3. The van der Waals surface area contributed by atoms with Crippen LogP contribution in [0.3, 0.4) is 0 Å². The molecule has 0 heterocycles. The van der Waals surface area contributed by atoms with Crippen LogP contribution in [0.1, 0.15) is 11.1 Å². The van der Waals surface area contributed by atoms with Gasteiger partial charge in [0.25, 0.3) is 0 Å². The largest absolute Gasteiger partial charge is 0.478 e. The lowest BCUT2D eigenvalue weighted by atomic mass is 10.0. The number of aliphatic carboxylic acids is 1. The maximum absolute atomic E-state index is 11.3. The predicted octanol–water partition coefficient (Wildman–Crippen LogP) is 3.97. The standard InChI is InChI=1S/C15H11ClO2/c16-13-8-6-12(7-9-13)14(15(17)18)10-11-4-2-1-3-5-11/h1-10H,(H,17,18)/b14-10-. The Morgan fingerprint density at radius 3 is 2.17 bits per heavy atom. The Hall–Kier alpha value is -2.06. The third kappa shape index (κ3) is 2.99. The van der Waals surface area contributed by atoms with E-state index in [4.69, 9.17) is 11.6 Å². The molecule has 2 aromatic carbocycles. The monoisotopic (exact) mass is 258 g/mol. The maximum Gasteiger partial charge on any atom is 0.336 e. The molecule has 0 atom stereocenters. The number of hydrogen-bond acceptors (Lipinski definition) is 1. The van der Waals surface area contributed by atoms with Gasteiger partial charge in [-0.15, -0.1) is 0 Å². The van der Waals surface area contributed by atoms with Crippen molar-refractivity contribution in [3.63, 3.8) is 0 Å². The van der Waals surface area contributed by atoms with Crippen LogP contribution < -0.4 is 0 Å². The Morgan fingerprint density at radius 1 is 1.00 bits per heavy atom. The first kappa shape index (κ1) is 12.4. The van der Waals surface area contributed by atoms with Crippen LogP contribution in [0.5, 0.6) is 0 Å². The van der Waals surface area contributed by atoms with Gasteiger partial charge in [-0.3, -0.25) is 0 Å². The first-order valence-electron chi connectivity index (χ1n) is 5.43. The summed E-state index contributed by atoms with van der Waals surface area (Å²) in [7, 11) is 0. The van der Waals surface area contributed by atoms with E-state index < -0.39 is 5.97 Å². The zero-order chi connectivity index (χ0) is 13.0. The van der Waals surface area contributed by atoms with Crippen LogP contribution in [0.25, 0.3) is 11.6 Å². The van der Waals surface area contributed by atoms with Gasteiger partial charge < -0.3 is 5.11 Å². The Morgan fingerprint density at radius 2 is 1.61 bits per heavy atom. The number of hydrogen-bond donors (Lipinski definition) is 1. The maximum atomic E-state index is 11.3. The van der Waals surface area contributed by atoms with Crippen molar-refractivity contribution in [1.82, 2.24) is 0 Å². The summed E-state index contributed by atoms with van der Waals surface area (Å²) in [5.41, 5.74) is 1.73. The van der Waals surface area contributed by atoms with Crippen molar-refractivity contribution in [1.29, 1.82) is 0 Å². The summed E-state index contributed by atoms with van der Waals surface area (Å²) in [6.45, 7) is 0. The van der Waals surface area contributed by atoms with Crippen molar-refractivity contribution >= 4 is 29.2 Å². The molecule has 0 aliphatic heterocycles. The van der Waals surface area contributed by atoms with E-state index in [1.807, 2.05) is 30.3 Å². The van der Waals surface area contributed by atoms with E-state index in [1.54, 1.807) is 30.3 Å². The number of rotatable bonds is 3. The lowest BCUT2D eigenvalue weighted by Gasteiger charge is -2.03. The van der Waals surface area contributed by atoms with Gasteiger partial charge in [0.05, 0.1) is 5.57 Å². The lowest BCUT2D eigenvalue weighted by Crippen LogP contribution is -1.99.